The lowest BCUT2D eigenvalue weighted by atomic mass is 10.1. The number of halogens is 3. The molecule has 0 amide bonds. The van der Waals surface area contributed by atoms with Gasteiger partial charge in [0.15, 0.2) is 6.29 Å². The molecule has 104 valence electrons. The van der Waals surface area contributed by atoms with Gasteiger partial charge in [0.25, 0.3) is 5.56 Å². The zero-order valence-electron chi connectivity index (χ0n) is 10.5. The molecule has 0 bridgehead atoms. The number of aromatic nitrogens is 1. The van der Waals surface area contributed by atoms with Crippen molar-refractivity contribution in [3.05, 3.63) is 56.0 Å². The van der Waals surface area contributed by atoms with Crippen LogP contribution in [0.25, 0.3) is 11.3 Å². The highest BCUT2D eigenvalue weighted by atomic mass is 35.5. The molecule has 0 saturated heterocycles. The van der Waals surface area contributed by atoms with E-state index in [1.807, 2.05) is 0 Å². The third-order valence-corrected chi connectivity index (χ3v) is 3.49. The third kappa shape index (κ3) is 2.49. The Kier molecular flexibility index (Phi) is 4.26. The van der Waals surface area contributed by atoms with E-state index in [0.717, 1.165) is 6.07 Å². The van der Waals surface area contributed by atoms with Gasteiger partial charge < -0.3 is 4.57 Å². The molecule has 2 rings (SSSR count). The van der Waals surface area contributed by atoms with Crippen molar-refractivity contribution in [3.8, 4) is 11.3 Å². The number of pyridine rings is 1. The fourth-order valence-corrected chi connectivity index (χ4v) is 2.50. The minimum Gasteiger partial charge on any atom is -0.306 e. The zero-order chi connectivity index (χ0) is 14.9. The fraction of sp³-hybridized carbons (Fsp3) is 0.143. The molecule has 3 nitrogen and oxygen atoms in total. The van der Waals surface area contributed by atoms with Crippen molar-refractivity contribution in [1.82, 2.24) is 4.57 Å². The number of hydrogen-bond donors (Lipinski definition) is 0. The van der Waals surface area contributed by atoms with Gasteiger partial charge in [0.05, 0.1) is 10.7 Å². The molecule has 0 aliphatic carbocycles. The molecule has 0 saturated carbocycles. The van der Waals surface area contributed by atoms with E-state index in [1.54, 1.807) is 6.92 Å². The summed E-state index contributed by atoms with van der Waals surface area (Å²) < 4.78 is 14.5. The second-order valence-corrected chi connectivity index (χ2v) is 4.90. The van der Waals surface area contributed by atoms with E-state index in [2.05, 4.69) is 0 Å². The molecule has 0 spiro atoms. The molecule has 20 heavy (non-hydrogen) atoms. The first-order valence-electron chi connectivity index (χ1n) is 5.83. The first kappa shape index (κ1) is 14.8. The van der Waals surface area contributed by atoms with E-state index in [9.17, 15) is 14.0 Å². The van der Waals surface area contributed by atoms with Crippen molar-refractivity contribution in [1.29, 1.82) is 0 Å². The minimum absolute atomic E-state index is 0.0454. The number of aldehydes is 1. The summed E-state index contributed by atoms with van der Waals surface area (Å²) in [6, 6.07) is 5.07. The number of benzene rings is 1. The van der Waals surface area contributed by atoms with Gasteiger partial charge >= 0.3 is 0 Å². The predicted octanol–water partition coefficient (Wildman–Crippen LogP) is 3.79. The van der Waals surface area contributed by atoms with Crippen LogP contribution in [0.4, 0.5) is 4.39 Å². The number of hydrogen-bond acceptors (Lipinski definition) is 2. The summed E-state index contributed by atoms with van der Waals surface area (Å²) in [7, 11) is 0. The highest BCUT2D eigenvalue weighted by molar-refractivity contribution is 6.33. The van der Waals surface area contributed by atoms with Gasteiger partial charge in [-0.3, -0.25) is 9.59 Å². The molecule has 6 heteroatoms. The molecule has 2 aromatic rings. The van der Waals surface area contributed by atoms with Gasteiger partial charge in [-0.25, -0.2) is 4.39 Å². The van der Waals surface area contributed by atoms with E-state index < -0.39 is 11.4 Å². The summed E-state index contributed by atoms with van der Waals surface area (Å²) in [5, 5.41) is 0.0768. The molecule has 0 radical (unpaired) electrons. The molecule has 0 N–H and O–H groups in total. The Morgan fingerprint density at radius 1 is 1.25 bits per heavy atom. The van der Waals surface area contributed by atoms with Crippen LogP contribution in [0.3, 0.4) is 0 Å². The first-order chi connectivity index (χ1) is 9.49. The molecule has 0 unspecified atom stereocenters. The number of carbonyl (C=O) groups excluding carboxylic acids is 1. The van der Waals surface area contributed by atoms with E-state index in [-0.39, 0.29) is 15.6 Å². The van der Waals surface area contributed by atoms with Gasteiger partial charge in [-0.1, -0.05) is 23.2 Å². The van der Waals surface area contributed by atoms with Crippen LogP contribution in [-0.2, 0) is 6.54 Å². The highest BCUT2D eigenvalue weighted by Gasteiger charge is 2.17. The Bertz CT molecular complexity index is 741. The monoisotopic (exact) mass is 313 g/mol. The van der Waals surface area contributed by atoms with Crippen LogP contribution in [0.1, 0.15) is 17.3 Å². The van der Waals surface area contributed by atoms with E-state index in [4.69, 9.17) is 23.2 Å². The lowest BCUT2D eigenvalue weighted by Crippen LogP contribution is -2.23. The molecule has 1 aromatic heterocycles. The normalized spacial score (nSPS) is 10.6. The average molecular weight is 314 g/mol. The van der Waals surface area contributed by atoms with E-state index >= 15 is 0 Å². The largest absolute Gasteiger partial charge is 0.306 e. The third-order valence-electron chi connectivity index (χ3n) is 2.90. The van der Waals surface area contributed by atoms with Gasteiger partial charge in [-0.2, -0.15) is 0 Å². The second-order valence-electron chi connectivity index (χ2n) is 4.09. The first-order valence-corrected chi connectivity index (χ1v) is 6.59. The highest BCUT2D eigenvalue weighted by Crippen LogP contribution is 2.30. The number of carbonyl (C=O) groups is 1. The summed E-state index contributed by atoms with van der Waals surface area (Å²) in [6.45, 7) is 2.05. The van der Waals surface area contributed by atoms with E-state index in [0.29, 0.717) is 24.1 Å². The van der Waals surface area contributed by atoms with E-state index in [1.165, 1.54) is 22.8 Å². The summed E-state index contributed by atoms with van der Waals surface area (Å²) in [4.78, 5) is 23.3. The maximum atomic E-state index is 13.1. The van der Waals surface area contributed by atoms with Crippen LogP contribution in [0.5, 0.6) is 0 Å². The molecule has 0 aliphatic heterocycles. The lowest BCUT2D eigenvalue weighted by molar-refractivity contribution is 0.112. The Balaban J connectivity index is 2.88. The van der Waals surface area contributed by atoms with Crippen LogP contribution < -0.4 is 5.56 Å². The minimum atomic E-state index is -0.495. The smallest absolute Gasteiger partial charge is 0.269 e. The van der Waals surface area contributed by atoms with Gasteiger partial charge in [0.2, 0.25) is 0 Å². The standard InChI is InChI=1S/C14H10Cl2FNO2/c1-2-18-13(8(7-19)5-12(16)14(18)20)10-4-3-9(17)6-11(10)15/h3-7H,2H2,1H3. The maximum absolute atomic E-state index is 13.1. The van der Waals surface area contributed by atoms with Gasteiger partial charge in [-0.15, -0.1) is 0 Å². The van der Waals surface area contributed by atoms with Crippen molar-refractivity contribution < 1.29 is 9.18 Å². The SMILES string of the molecule is CCn1c(-c2ccc(F)cc2Cl)c(C=O)cc(Cl)c1=O. The molecular formula is C14H10Cl2FNO2. The fourth-order valence-electron chi connectivity index (χ4n) is 2.03. The molecular weight excluding hydrogens is 304 g/mol. The Labute approximate surface area is 124 Å². The summed E-state index contributed by atoms with van der Waals surface area (Å²) in [6.07, 6.45) is 0.590. The topological polar surface area (TPSA) is 39.1 Å². The molecule has 1 heterocycles. The zero-order valence-corrected chi connectivity index (χ0v) is 12.0. The van der Waals surface area contributed by atoms with Crippen molar-refractivity contribution in [3.63, 3.8) is 0 Å². The second kappa shape index (κ2) is 5.77. The van der Waals surface area contributed by atoms with Crippen LogP contribution in [0.15, 0.2) is 29.1 Å². The average Bonchev–Trinajstić information content (AvgIpc) is 2.42. The Morgan fingerprint density at radius 3 is 2.50 bits per heavy atom. The molecule has 1 aromatic carbocycles. The molecule has 0 atom stereocenters. The summed E-state index contributed by atoms with van der Waals surface area (Å²) in [5.74, 6) is -0.495. The summed E-state index contributed by atoms with van der Waals surface area (Å²) >= 11 is 11.8. The maximum Gasteiger partial charge on any atom is 0.269 e. The van der Waals surface area contributed by atoms with Gasteiger partial charge in [0, 0.05) is 17.7 Å². The van der Waals surface area contributed by atoms with Crippen molar-refractivity contribution in [2.75, 3.05) is 0 Å². The molecule has 0 aliphatic rings. The quantitative estimate of drug-likeness (QED) is 0.809. The molecule has 0 fully saturated rings. The van der Waals surface area contributed by atoms with Crippen LogP contribution in [0.2, 0.25) is 10.0 Å². The van der Waals surface area contributed by atoms with Crippen molar-refractivity contribution in [2.24, 2.45) is 0 Å². The number of nitrogens with zero attached hydrogens (tertiary/aromatic N) is 1. The number of rotatable bonds is 3. The lowest BCUT2D eigenvalue weighted by Gasteiger charge is -2.15. The van der Waals surface area contributed by atoms with Crippen molar-refractivity contribution >= 4 is 29.5 Å². The predicted molar refractivity (Wildman–Crippen MR) is 77.2 cm³/mol. The van der Waals surface area contributed by atoms with Crippen molar-refractivity contribution in [2.45, 2.75) is 13.5 Å². The summed E-state index contributed by atoms with van der Waals surface area (Å²) in [5.41, 5.74) is 0.549. The Hall–Kier alpha value is -1.65. The van der Waals surface area contributed by atoms with Crippen LogP contribution >= 0.6 is 23.2 Å². The Morgan fingerprint density at radius 2 is 1.95 bits per heavy atom. The van der Waals surface area contributed by atoms with Crippen LogP contribution in [-0.4, -0.2) is 10.9 Å². The van der Waals surface area contributed by atoms with Gasteiger partial charge in [0.1, 0.15) is 10.8 Å². The van der Waals surface area contributed by atoms with Crippen LogP contribution in [0, 0.1) is 5.82 Å². The van der Waals surface area contributed by atoms with Gasteiger partial charge in [-0.05, 0) is 31.2 Å².